The zero-order chi connectivity index (χ0) is 17.7. The lowest BCUT2D eigenvalue weighted by atomic mass is 10.1. The van der Waals surface area contributed by atoms with E-state index < -0.39 is 0 Å². The SMILES string of the molecule is C#CCN1CCCC2NC(=O)N(c3nc4c5c(ccc4s3)OCC5)C2C1. The molecule has 26 heavy (non-hydrogen) atoms. The Balaban J connectivity index is 1.53. The predicted molar refractivity (Wildman–Crippen MR) is 102 cm³/mol. The second-order valence-corrected chi connectivity index (χ2v) is 8.07. The monoisotopic (exact) mass is 368 g/mol. The van der Waals surface area contributed by atoms with Crippen LogP contribution in [0.3, 0.4) is 0 Å². The number of fused-ring (bicyclic) bond motifs is 4. The first-order chi connectivity index (χ1) is 12.7. The highest BCUT2D eigenvalue weighted by Gasteiger charge is 2.43. The van der Waals surface area contributed by atoms with Gasteiger partial charge in [-0.05, 0) is 31.5 Å². The zero-order valence-electron chi connectivity index (χ0n) is 14.4. The van der Waals surface area contributed by atoms with Gasteiger partial charge in [-0.15, -0.1) is 6.42 Å². The molecule has 2 aromatic rings. The van der Waals surface area contributed by atoms with Crippen LogP contribution in [0.4, 0.5) is 9.93 Å². The van der Waals surface area contributed by atoms with Crippen LogP contribution in [0.15, 0.2) is 12.1 Å². The Hall–Kier alpha value is -2.30. The van der Waals surface area contributed by atoms with Gasteiger partial charge in [0, 0.05) is 18.5 Å². The number of nitrogens with zero attached hydrogens (tertiary/aromatic N) is 3. The van der Waals surface area contributed by atoms with Gasteiger partial charge >= 0.3 is 6.03 Å². The molecule has 2 atom stereocenters. The van der Waals surface area contributed by atoms with Gasteiger partial charge in [0.2, 0.25) is 0 Å². The molecular formula is C19H20N4O2S. The molecule has 1 aromatic carbocycles. The van der Waals surface area contributed by atoms with Gasteiger partial charge in [-0.1, -0.05) is 17.3 Å². The summed E-state index contributed by atoms with van der Waals surface area (Å²) in [4.78, 5) is 21.7. The number of carbonyl (C=O) groups excluding carboxylic acids is 1. The third kappa shape index (κ3) is 2.44. The highest BCUT2D eigenvalue weighted by atomic mass is 32.1. The minimum atomic E-state index is -0.0468. The largest absolute Gasteiger partial charge is 0.493 e. The lowest BCUT2D eigenvalue weighted by Crippen LogP contribution is -2.44. The van der Waals surface area contributed by atoms with E-state index in [0.29, 0.717) is 13.2 Å². The first-order valence-electron chi connectivity index (χ1n) is 9.05. The molecule has 0 spiro atoms. The summed E-state index contributed by atoms with van der Waals surface area (Å²) in [6.07, 6.45) is 8.41. The quantitative estimate of drug-likeness (QED) is 0.826. The van der Waals surface area contributed by atoms with Crippen LogP contribution < -0.4 is 15.0 Å². The van der Waals surface area contributed by atoms with Crippen molar-refractivity contribution in [3.8, 4) is 18.1 Å². The molecule has 1 aromatic heterocycles. The molecule has 0 saturated carbocycles. The van der Waals surface area contributed by atoms with E-state index in [1.165, 1.54) is 0 Å². The van der Waals surface area contributed by atoms with E-state index in [-0.39, 0.29) is 18.1 Å². The van der Waals surface area contributed by atoms with E-state index in [2.05, 4.69) is 16.1 Å². The van der Waals surface area contributed by atoms with E-state index in [9.17, 15) is 4.79 Å². The average molecular weight is 368 g/mol. The Labute approximate surface area is 156 Å². The summed E-state index contributed by atoms with van der Waals surface area (Å²) in [5.74, 6) is 3.66. The Morgan fingerprint density at radius 1 is 1.46 bits per heavy atom. The molecule has 7 heteroatoms. The van der Waals surface area contributed by atoms with Crippen molar-refractivity contribution >= 4 is 32.7 Å². The van der Waals surface area contributed by atoms with E-state index in [1.54, 1.807) is 11.3 Å². The summed E-state index contributed by atoms with van der Waals surface area (Å²) in [6, 6.07) is 4.24. The van der Waals surface area contributed by atoms with Crippen LogP contribution in [0.25, 0.3) is 10.2 Å². The van der Waals surface area contributed by atoms with Crippen molar-refractivity contribution in [1.82, 2.24) is 15.2 Å². The summed E-state index contributed by atoms with van der Waals surface area (Å²) >= 11 is 1.58. The maximum Gasteiger partial charge on any atom is 0.324 e. The van der Waals surface area contributed by atoms with Gasteiger partial charge in [-0.25, -0.2) is 9.78 Å². The van der Waals surface area contributed by atoms with Crippen molar-refractivity contribution in [2.45, 2.75) is 31.3 Å². The third-order valence-corrected chi connectivity index (χ3v) is 6.52. The molecule has 3 aliphatic heterocycles. The van der Waals surface area contributed by atoms with Crippen molar-refractivity contribution in [2.24, 2.45) is 0 Å². The summed E-state index contributed by atoms with van der Waals surface area (Å²) in [6.45, 7) is 3.09. The number of thiazole rings is 1. The van der Waals surface area contributed by atoms with Crippen LogP contribution in [0.5, 0.6) is 5.75 Å². The summed E-state index contributed by atoms with van der Waals surface area (Å²) in [5.41, 5.74) is 2.14. The Bertz CT molecular complexity index is 918. The van der Waals surface area contributed by atoms with Gasteiger partial charge in [0.1, 0.15) is 5.75 Å². The number of likely N-dealkylation sites (tertiary alicyclic amines) is 1. The van der Waals surface area contributed by atoms with Gasteiger partial charge in [0.05, 0.1) is 35.5 Å². The Morgan fingerprint density at radius 2 is 2.38 bits per heavy atom. The third-order valence-electron chi connectivity index (χ3n) is 5.50. The number of anilines is 1. The van der Waals surface area contributed by atoms with Gasteiger partial charge in [0.15, 0.2) is 5.13 Å². The standard InChI is InChI=1S/C19H20N4O2S/c1-2-8-22-9-3-4-13-14(11-22)23(18(24)20-13)19-21-17-12-7-10-25-15(12)5-6-16(17)26-19/h1,5-6,13-14H,3-4,7-11H2,(H,20,24). The molecule has 2 fully saturated rings. The number of benzene rings is 1. The first-order valence-corrected chi connectivity index (χ1v) is 9.87. The van der Waals surface area contributed by atoms with Gasteiger partial charge in [-0.2, -0.15) is 0 Å². The van der Waals surface area contributed by atoms with Crippen LogP contribution in [0.2, 0.25) is 0 Å². The molecule has 134 valence electrons. The number of nitrogens with one attached hydrogen (secondary N) is 1. The van der Waals surface area contributed by atoms with Crippen LogP contribution in [0, 0.1) is 12.3 Å². The lowest BCUT2D eigenvalue weighted by molar-refractivity contribution is 0.249. The minimum absolute atomic E-state index is 0.0468. The van der Waals surface area contributed by atoms with Crippen LogP contribution in [-0.2, 0) is 6.42 Å². The van der Waals surface area contributed by atoms with Crippen molar-refractivity contribution in [3.05, 3.63) is 17.7 Å². The molecule has 0 bridgehead atoms. The average Bonchev–Trinajstić information content (AvgIpc) is 3.29. The number of hydrogen-bond acceptors (Lipinski definition) is 5. The fourth-order valence-corrected chi connectivity index (χ4v) is 5.33. The number of aromatic nitrogens is 1. The number of rotatable bonds is 2. The Morgan fingerprint density at radius 3 is 3.27 bits per heavy atom. The summed E-state index contributed by atoms with van der Waals surface area (Å²) < 4.78 is 6.76. The fourth-order valence-electron chi connectivity index (χ4n) is 4.28. The Kier molecular flexibility index (Phi) is 3.76. The maximum absolute atomic E-state index is 12.7. The van der Waals surface area contributed by atoms with E-state index in [4.69, 9.17) is 16.1 Å². The van der Waals surface area contributed by atoms with Crippen molar-refractivity contribution in [2.75, 3.05) is 31.1 Å². The molecule has 2 unspecified atom stereocenters. The number of amides is 2. The van der Waals surface area contributed by atoms with Gasteiger partial charge in [0.25, 0.3) is 0 Å². The normalized spacial score (nSPS) is 25.3. The van der Waals surface area contributed by atoms with Crippen molar-refractivity contribution in [3.63, 3.8) is 0 Å². The molecule has 1 N–H and O–H groups in total. The molecule has 2 saturated heterocycles. The zero-order valence-corrected chi connectivity index (χ0v) is 15.2. The van der Waals surface area contributed by atoms with E-state index >= 15 is 0 Å². The summed E-state index contributed by atoms with van der Waals surface area (Å²) in [7, 11) is 0. The second kappa shape index (κ2) is 6.15. The van der Waals surface area contributed by atoms with E-state index in [0.717, 1.165) is 59.0 Å². The highest BCUT2D eigenvalue weighted by molar-refractivity contribution is 7.22. The minimum Gasteiger partial charge on any atom is -0.493 e. The summed E-state index contributed by atoms with van der Waals surface area (Å²) in [5, 5.41) is 3.93. The number of ether oxygens (including phenoxy) is 1. The first kappa shape index (κ1) is 15.9. The van der Waals surface area contributed by atoms with Crippen LogP contribution in [-0.4, -0.2) is 54.2 Å². The molecule has 4 heterocycles. The smallest absolute Gasteiger partial charge is 0.324 e. The van der Waals surface area contributed by atoms with Crippen LogP contribution in [0.1, 0.15) is 18.4 Å². The van der Waals surface area contributed by atoms with Crippen LogP contribution >= 0.6 is 11.3 Å². The number of urea groups is 1. The van der Waals surface area contributed by atoms with Gasteiger partial charge < -0.3 is 10.1 Å². The topological polar surface area (TPSA) is 57.7 Å². The molecule has 0 radical (unpaired) electrons. The molecule has 0 aliphatic carbocycles. The maximum atomic E-state index is 12.7. The number of carbonyl (C=O) groups is 1. The second-order valence-electron chi connectivity index (χ2n) is 7.06. The molecular weight excluding hydrogens is 348 g/mol. The number of terminal acetylenes is 1. The van der Waals surface area contributed by atoms with E-state index in [1.807, 2.05) is 17.0 Å². The van der Waals surface area contributed by atoms with Crippen molar-refractivity contribution < 1.29 is 9.53 Å². The molecule has 5 rings (SSSR count). The highest BCUT2D eigenvalue weighted by Crippen LogP contribution is 2.39. The molecule has 2 amide bonds. The lowest BCUT2D eigenvalue weighted by Gasteiger charge is -2.26. The predicted octanol–water partition coefficient (Wildman–Crippen LogP) is 2.23. The number of hydrogen-bond donors (Lipinski definition) is 1. The molecule has 3 aliphatic rings. The van der Waals surface area contributed by atoms with Crippen molar-refractivity contribution in [1.29, 1.82) is 0 Å². The molecule has 6 nitrogen and oxygen atoms in total. The fraction of sp³-hybridized carbons (Fsp3) is 0.474. The van der Waals surface area contributed by atoms with Gasteiger partial charge in [-0.3, -0.25) is 9.80 Å².